The standard InChI is InChI=1S/C21H19F2N3O2S/c1-25-10-15-20(24)16(11-26(2)21(15)27)14-9-13(29-3)5-7-18(14)28-19-6-4-12(22)8-17(19)23/h4-11H,24H2,1-3H3. The van der Waals surface area contributed by atoms with Crippen molar-refractivity contribution in [3.63, 3.8) is 0 Å². The highest BCUT2D eigenvalue weighted by Gasteiger charge is 2.18. The number of benzene rings is 2. The first-order valence-electron chi connectivity index (χ1n) is 8.58. The van der Waals surface area contributed by atoms with Gasteiger partial charge >= 0.3 is 0 Å². The van der Waals surface area contributed by atoms with Crippen molar-refractivity contribution in [2.75, 3.05) is 19.0 Å². The zero-order chi connectivity index (χ0) is 21.1. The number of aryl methyl sites for hydroxylation is 1. The average Bonchev–Trinajstić information content (AvgIpc) is 2.70. The Hall–Kier alpha value is -3.13. The van der Waals surface area contributed by atoms with Gasteiger partial charge in [0.15, 0.2) is 11.6 Å². The summed E-state index contributed by atoms with van der Waals surface area (Å²) in [5.41, 5.74) is 7.59. The van der Waals surface area contributed by atoms with Crippen LogP contribution in [-0.2, 0) is 7.05 Å². The number of aliphatic imine (C=N–C) groups is 1. The van der Waals surface area contributed by atoms with Gasteiger partial charge < -0.3 is 15.0 Å². The summed E-state index contributed by atoms with van der Waals surface area (Å²) in [5.74, 6) is -1.32. The lowest BCUT2D eigenvalue weighted by Crippen LogP contribution is -2.23. The second kappa shape index (κ2) is 8.48. The first kappa shape index (κ1) is 20.6. The largest absolute Gasteiger partial charge is 0.454 e. The van der Waals surface area contributed by atoms with Crippen molar-refractivity contribution in [1.29, 1.82) is 0 Å². The Morgan fingerprint density at radius 3 is 2.52 bits per heavy atom. The Balaban J connectivity index is 2.22. The number of hydrogen-bond acceptors (Lipinski definition) is 5. The first-order chi connectivity index (χ1) is 13.8. The van der Waals surface area contributed by atoms with Gasteiger partial charge in [-0.3, -0.25) is 9.79 Å². The number of nitrogen functional groups attached to an aromatic ring is 1. The van der Waals surface area contributed by atoms with Crippen LogP contribution in [-0.4, -0.2) is 24.1 Å². The van der Waals surface area contributed by atoms with E-state index in [2.05, 4.69) is 4.99 Å². The van der Waals surface area contributed by atoms with Gasteiger partial charge in [-0.25, -0.2) is 8.78 Å². The van der Waals surface area contributed by atoms with Crippen molar-refractivity contribution < 1.29 is 13.5 Å². The number of anilines is 1. The number of nitrogens with zero attached hydrogens (tertiary/aromatic N) is 2. The minimum atomic E-state index is -0.822. The van der Waals surface area contributed by atoms with Crippen LogP contribution in [0.5, 0.6) is 11.5 Å². The summed E-state index contributed by atoms with van der Waals surface area (Å²) in [6.07, 6.45) is 4.91. The number of thioether (sulfide) groups is 1. The lowest BCUT2D eigenvalue weighted by Gasteiger charge is -2.16. The molecule has 0 aliphatic carbocycles. The van der Waals surface area contributed by atoms with E-state index in [4.69, 9.17) is 10.5 Å². The minimum Gasteiger partial charge on any atom is -0.454 e. The van der Waals surface area contributed by atoms with E-state index in [1.165, 1.54) is 28.6 Å². The summed E-state index contributed by atoms with van der Waals surface area (Å²) in [7, 11) is 3.16. The molecule has 1 aromatic heterocycles. The van der Waals surface area contributed by atoms with Gasteiger partial charge in [-0.15, -0.1) is 11.8 Å². The van der Waals surface area contributed by atoms with Crippen LogP contribution in [0.25, 0.3) is 11.1 Å². The van der Waals surface area contributed by atoms with Crippen molar-refractivity contribution >= 4 is 23.7 Å². The molecule has 0 saturated carbocycles. The second-order valence-electron chi connectivity index (χ2n) is 6.21. The quantitative estimate of drug-likeness (QED) is 0.493. The van der Waals surface area contributed by atoms with Gasteiger partial charge in [0.1, 0.15) is 11.6 Å². The van der Waals surface area contributed by atoms with Gasteiger partial charge in [-0.05, 0) is 36.6 Å². The molecule has 5 nitrogen and oxygen atoms in total. The molecule has 0 aliphatic rings. The van der Waals surface area contributed by atoms with Crippen LogP contribution in [0.15, 0.2) is 57.3 Å². The topological polar surface area (TPSA) is 69.6 Å². The van der Waals surface area contributed by atoms with E-state index in [1.807, 2.05) is 18.4 Å². The molecule has 0 saturated heterocycles. The summed E-state index contributed by atoms with van der Waals surface area (Å²) in [6, 6.07) is 8.42. The summed E-state index contributed by atoms with van der Waals surface area (Å²) in [5, 5.41) is 0. The molecule has 29 heavy (non-hydrogen) atoms. The molecule has 0 fully saturated rings. The van der Waals surface area contributed by atoms with Crippen molar-refractivity contribution in [3.8, 4) is 22.6 Å². The van der Waals surface area contributed by atoms with Crippen LogP contribution < -0.4 is 16.0 Å². The van der Waals surface area contributed by atoms with Crippen molar-refractivity contribution in [1.82, 2.24) is 4.57 Å². The maximum absolute atomic E-state index is 14.1. The molecule has 3 aromatic rings. The maximum Gasteiger partial charge on any atom is 0.261 e. The average molecular weight is 415 g/mol. The van der Waals surface area contributed by atoms with Crippen LogP contribution in [0, 0.1) is 11.6 Å². The summed E-state index contributed by atoms with van der Waals surface area (Å²) in [6.45, 7) is 0. The molecule has 2 aromatic carbocycles. The molecule has 0 bridgehead atoms. The number of hydrogen-bond donors (Lipinski definition) is 1. The summed E-state index contributed by atoms with van der Waals surface area (Å²) >= 11 is 1.51. The molecule has 0 amide bonds. The molecule has 8 heteroatoms. The first-order valence-corrected chi connectivity index (χ1v) is 9.80. The van der Waals surface area contributed by atoms with Crippen LogP contribution in [0.2, 0.25) is 0 Å². The Kier molecular flexibility index (Phi) is 6.03. The fourth-order valence-electron chi connectivity index (χ4n) is 2.85. The normalized spacial score (nSPS) is 11.2. The molecule has 1 heterocycles. The van der Waals surface area contributed by atoms with E-state index in [9.17, 15) is 13.6 Å². The Bertz CT molecular complexity index is 1160. The van der Waals surface area contributed by atoms with Crippen LogP contribution in [0.1, 0.15) is 5.56 Å². The van der Waals surface area contributed by atoms with Gasteiger partial charge in [0.05, 0.1) is 11.3 Å². The summed E-state index contributed by atoms with van der Waals surface area (Å²) in [4.78, 5) is 17.2. The highest BCUT2D eigenvalue weighted by Crippen LogP contribution is 2.39. The predicted molar refractivity (Wildman–Crippen MR) is 113 cm³/mol. The lowest BCUT2D eigenvalue weighted by molar-refractivity contribution is 0.439. The highest BCUT2D eigenvalue weighted by molar-refractivity contribution is 7.98. The molecule has 0 unspecified atom stereocenters. The maximum atomic E-state index is 14.1. The van der Waals surface area contributed by atoms with E-state index < -0.39 is 11.6 Å². The zero-order valence-electron chi connectivity index (χ0n) is 16.1. The van der Waals surface area contributed by atoms with Gasteiger partial charge in [0.25, 0.3) is 5.56 Å². The van der Waals surface area contributed by atoms with Crippen molar-refractivity contribution in [3.05, 3.63) is 70.1 Å². The third-order valence-electron chi connectivity index (χ3n) is 4.30. The molecule has 0 atom stereocenters. The molecular formula is C21H19F2N3O2S. The van der Waals surface area contributed by atoms with Crippen molar-refractivity contribution in [2.45, 2.75) is 4.90 Å². The molecule has 3 rings (SSSR count). The number of pyridine rings is 1. The molecular weight excluding hydrogens is 396 g/mol. The SMILES string of the molecule is CN=Cc1c(N)c(-c2cc(SC)ccc2Oc2ccc(F)cc2F)cn(C)c1=O. The molecule has 2 N–H and O–H groups in total. The van der Waals surface area contributed by atoms with Crippen LogP contribution in [0.4, 0.5) is 14.5 Å². The fraction of sp³-hybridized carbons (Fsp3) is 0.143. The Morgan fingerprint density at radius 1 is 1.14 bits per heavy atom. The number of halogens is 2. The zero-order valence-corrected chi connectivity index (χ0v) is 16.9. The Morgan fingerprint density at radius 2 is 1.86 bits per heavy atom. The fourth-order valence-corrected chi connectivity index (χ4v) is 3.29. The molecule has 0 radical (unpaired) electrons. The van der Waals surface area contributed by atoms with Gasteiger partial charge in [0.2, 0.25) is 0 Å². The number of nitrogens with two attached hydrogens (primary N) is 1. The number of rotatable bonds is 5. The summed E-state index contributed by atoms with van der Waals surface area (Å²) < 4.78 is 34.5. The number of aromatic nitrogens is 1. The lowest BCUT2D eigenvalue weighted by atomic mass is 10.0. The van der Waals surface area contributed by atoms with E-state index in [0.717, 1.165) is 17.0 Å². The Labute approximate surface area is 170 Å². The van der Waals surface area contributed by atoms with E-state index in [0.29, 0.717) is 16.9 Å². The molecule has 0 aliphatic heterocycles. The van der Waals surface area contributed by atoms with Crippen LogP contribution in [0.3, 0.4) is 0 Å². The van der Waals surface area contributed by atoms with E-state index in [-0.39, 0.29) is 22.6 Å². The van der Waals surface area contributed by atoms with Gasteiger partial charge in [-0.2, -0.15) is 0 Å². The van der Waals surface area contributed by atoms with E-state index >= 15 is 0 Å². The van der Waals surface area contributed by atoms with Gasteiger partial charge in [-0.1, -0.05) is 0 Å². The van der Waals surface area contributed by atoms with E-state index in [1.54, 1.807) is 26.4 Å². The second-order valence-corrected chi connectivity index (χ2v) is 7.09. The smallest absolute Gasteiger partial charge is 0.261 e. The molecule has 0 spiro atoms. The minimum absolute atomic E-state index is 0.122. The predicted octanol–water partition coefficient (Wildman–Crippen LogP) is 4.48. The monoisotopic (exact) mass is 415 g/mol. The third kappa shape index (κ3) is 4.17. The molecule has 150 valence electrons. The van der Waals surface area contributed by atoms with Crippen LogP contribution >= 0.6 is 11.8 Å². The van der Waals surface area contributed by atoms with Gasteiger partial charge in [0, 0.05) is 48.6 Å². The van der Waals surface area contributed by atoms with Crippen molar-refractivity contribution in [2.24, 2.45) is 12.0 Å². The third-order valence-corrected chi connectivity index (χ3v) is 5.03. The number of ether oxygens (including phenoxy) is 1. The highest BCUT2D eigenvalue weighted by atomic mass is 32.2.